The Hall–Kier alpha value is -0.380. The van der Waals surface area contributed by atoms with Crippen molar-refractivity contribution in [2.24, 2.45) is 5.92 Å². The highest BCUT2D eigenvalue weighted by atomic mass is 79.9. The van der Waals surface area contributed by atoms with E-state index >= 15 is 0 Å². The third-order valence-corrected chi connectivity index (χ3v) is 3.20. The minimum absolute atomic E-state index is 0.0987. The second-order valence-electron chi connectivity index (χ2n) is 4.03. The second-order valence-corrected chi connectivity index (χ2v) is 4.59. The van der Waals surface area contributed by atoms with Gasteiger partial charge in [-0.2, -0.15) is 0 Å². The Bertz CT molecular complexity index is 216. The van der Waals surface area contributed by atoms with Gasteiger partial charge in [-0.1, -0.05) is 61.4 Å². The predicted molar refractivity (Wildman–Crippen MR) is 65.3 cm³/mol. The summed E-state index contributed by atoms with van der Waals surface area (Å²) in [7, 11) is 0. The van der Waals surface area contributed by atoms with Crippen LogP contribution in [0.1, 0.15) is 51.9 Å². The maximum Gasteiger partial charge on any atom is 0.152 e. The molecule has 0 bridgehead atoms. The summed E-state index contributed by atoms with van der Waals surface area (Å²) in [5.74, 6) is -2.45. The number of hydrogen-bond donors (Lipinski definition) is 0. The molecular weight excluding hydrogens is 272 g/mol. The molecule has 1 atom stereocenters. The van der Waals surface area contributed by atoms with E-state index < -0.39 is 11.9 Å². The van der Waals surface area contributed by atoms with Gasteiger partial charge in [-0.25, -0.2) is 0 Å². The number of rotatable bonds is 10. The Kier molecular flexibility index (Phi) is 9.59. The van der Waals surface area contributed by atoms with E-state index in [1.165, 1.54) is 19.3 Å². The third-order valence-electron chi connectivity index (χ3n) is 2.65. The summed E-state index contributed by atoms with van der Waals surface area (Å²) in [5, 5.41) is 10.8. The summed E-state index contributed by atoms with van der Waals surface area (Å²) >= 11 is 2.99. The number of hydrogen-bond acceptors (Lipinski definition) is 3. The summed E-state index contributed by atoms with van der Waals surface area (Å²) in [5.41, 5.74) is 0. The Balaban J connectivity index is 3.69. The lowest BCUT2D eigenvalue weighted by Crippen LogP contribution is -2.36. The first-order chi connectivity index (χ1) is 7.63. The number of aliphatic carboxylic acids is 1. The molecule has 0 saturated carbocycles. The summed E-state index contributed by atoms with van der Waals surface area (Å²) in [4.78, 5) is 22.0. The van der Waals surface area contributed by atoms with Gasteiger partial charge < -0.3 is 9.90 Å². The van der Waals surface area contributed by atoms with Crippen LogP contribution < -0.4 is 5.11 Å². The molecule has 0 aromatic heterocycles. The molecule has 0 aliphatic carbocycles. The molecule has 0 aliphatic heterocycles. The molecule has 94 valence electrons. The number of Topliss-reactive ketones (excluding diaryl/α,β-unsaturated/α-hetero) is 1. The third kappa shape index (κ3) is 6.99. The summed E-state index contributed by atoms with van der Waals surface area (Å²) in [6.45, 7) is 2.15. The van der Waals surface area contributed by atoms with E-state index in [-0.39, 0.29) is 11.1 Å². The highest BCUT2D eigenvalue weighted by Crippen LogP contribution is 2.13. The highest BCUT2D eigenvalue weighted by molar-refractivity contribution is 9.09. The first-order valence-electron chi connectivity index (χ1n) is 5.93. The van der Waals surface area contributed by atoms with Gasteiger partial charge in [0.25, 0.3) is 0 Å². The van der Waals surface area contributed by atoms with Crippen LogP contribution in [0.25, 0.3) is 0 Å². The SMILES string of the molecule is CCCCCCCCC(C(=O)[O-])C(=O)CBr. The highest BCUT2D eigenvalue weighted by Gasteiger charge is 2.17. The lowest BCUT2D eigenvalue weighted by atomic mass is 9.97. The van der Waals surface area contributed by atoms with Gasteiger partial charge in [-0.15, -0.1) is 0 Å². The summed E-state index contributed by atoms with van der Waals surface area (Å²) < 4.78 is 0. The fraction of sp³-hybridized carbons (Fsp3) is 0.833. The first-order valence-corrected chi connectivity index (χ1v) is 7.05. The topological polar surface area (TPSA) is 57.2 Å². The van der Waals surface area contributed by atoms with Gasteiger partial charge in [0, 0.05) is 0 Å². The minimum atomic E-state index is -1.24. The van der Waals surface area contributed by atoms with Crippen molar-refractivity contribution in [1.29, 1.82) is 0 Å². The molecule has 0 heterocycles. The van der Waals surface area contributed by atoms with Crippen molar-refractivity contribution in [2.45, 2.75) is 51.9 Å². The quantitative estimate of drug-likeness (QED) is 0.352. The largest absolute Gasteiger partial charge is 0.549 e. The number of unbranched alkanes of at least 4 members (excludes halogenated alkanes) is 5. The monoisotopic (exact) mass is 291 g/mol. The van der Waals surface area contributed by atoms with Gasteiger partial charge in [0.1, 0.15) is 0 Å². The number of carbonyl (C=O) groups excluding carboxylic acids is 2. The number of carbonyl (C=O) groups is 2. The number of carboxylic acids is 1. The summed E-state index contributed by atoms with van der Waals surface area (Å²) in [6.07, 6.45) is 6.95. The maximum atomic E-state index is 11.3. The van der Waals surface area contributed by atoms with Gasteiger partial charge in [0.15, 0.2) is 5.78 Å². The van der Waals surface area contributed by atoms with Gasteiger partial charge >= 0.3 is 0 Å². The van der Waals surface area contributed by atoms with Gasteiger partial charge in [-0.3, -0.25) is 4.79 Å². The van der Waals surface area contributed by atoms with Crippen LogP contribution in [0.2, 0.25) is 0 Å². The Morgan fingerprint density at radius 2 is 1.69 bits per heavy atom. The Morgan fingerprint density at radius 3 is 2.19 bits per heavy atom. The minimum Gasteiger partial charge on any atom is -0.549 e. The molecule has 4 heteroatoms. The molecule has 0 rings (SSSR count). The number of halogens is 1. The lowest BCUT2D eigenvalue weighted by Gasteiger charge is -2.15. The van der Waals surface area contributed by atoms with E-state index in [1.807, 2.05) is 0 Å². The predicted octanol–water partition coefficient (Wildman–Crippen LogP) is 2.07. The van der Waals surface area contributed by atoms with Gasteiger partial charge in [0.05, 0.1) is 17.2 Å². The smallest absolute Gasteiger partial charge is 0.152 e. The molecular formula is C12H20BrO3-. The molecule has 0 radical (unpaired) electrons. The van der Waals surface area contributed by atoms with E-state index in [9.17, 15) is 14.7 Å². The van der Waals surface area contributed by atoms with Crippen molar-refractivity contribution < 1.29 is 14.7 Å². The number of carboxylic acid groups (broad SMARTS) is 1. The zero-order chi connectivity index (χ0) is 12.4. The summed E-state index contributed by atoms with van der Waals surface area (Å²) in [6, 6.07) is 0. The maximum absolute atomic E-state index is 11.3. The normalized spacial score (nSPS) is 12.4. The van der Waals surface area contributed by atoms with Crippen LogP contribution >= 0.6 is 15.9 Å². The van der Waals surface area contributed by atoms with Crippen LogP contribution in [0.5, 0.6) is 0 Å². The molecule has 0 fully saturated rings. The van der Waals surface area contributed by atoms with Crippen LogP contribution in [0.15, 0.2) is 0 Å². The van der Waals surface area contributed by atoms with Gasteiger partial charge in [0.2, 0.25) is 0 Å². The van der Waals surface area contributed by atoms with E-state index in [0.29, 0.717) is 6.42 Å². The van der Waals surface area contributed by atoms with Crippen molar-refractivity contribution in [3.8, 4) is 0 Å². The Labute approximate surface area is 106 Å². The van der Waals surface area contributed by atoms with E-state index in [0.717, 1.165) is 19.3 Å². The van der Waals surface area contributed by atoms with Crippen molar-refractivity contribution >= 4 is 27.7 Å². The van der Waals surface area contributed by atoms with Crippen molar-refractivity contribution in [1.82, 2.24) is 0 Å². The van der Waals surface area contributed by atoms with Crippen LogP contribution in [0.4, 0.5) is 0 Å². The van der Waals surface area contributed by atoms with E-state index in [2.05, 4.69) is 22.9 Å². The zero-order valence-corrected chi connectivity index (χ0v) is 11.4. The molecule has 0 saturated heterocycles. The molecule has 0 aromatic carbocycles. The number of ketones is 1. The fourth-order valence-electron chi connectivity index (χ4n) is 1.63. The van der Waals surface area contributed by atoms with Crippen LogP contribution in [-0.2, 0) is 9.59 Å². The van der Waals surface area contributed by atoms with Crippen molar-refractivity contribution in [3.05, 3.63) is 0 Å². The molecule has 0 amide bonds. The van der Waals surface area contributed by atoms with Crippen LogP contribution in [0.3, 0.4) is 0 Å². The van der Waals surface area contributed by atoms with Crippen LogP contribution in [-0.4, -0.2) is 17.1 Å². The standard InChI is InChI=1S/C12H21BrO3/c1-2-3-4-5-6-7-8-10(12(15)16)11(14)9-13/h10H,2-9H2,1H3,(H,15,16)/p-1. The molecule has 16 heavy (non-hydrogen) atoms. The lowest BCUT2D eigenvalue weighted by molar-refractivity contribution is -0.310. The average Bonchev–Trinajstić information content (AvgIpc) is 2.26. The molecule has 0 spiro atoms. The zero-order valence-electron chi connectivity index (χ0n) is 9.84. The van der Waals surface area contributed by atoms with Crippen molar-refractivity contribution in [2.75, 3.05) is 5.33 Å². The molecule has 3 nitrogen and oxygen atoms in total. The first kappa shape index (κ1) is 15.6. The molecule has 0 aliphatic rings. The average molecular weight is 292 g/mol. The van der Waals surface area contributed by atoms with Crippen LogP contribution in [0, 0.1) is 5.92 Å². The fourth-order valence-corrected chi connectivity index (χ4v) is 2.02. The van der Waals surface area contributed by atoms with Crippen molar-refractivity contribution in [3.63, 3.8) is 0 Å². The number of alkyl halides is 1. The van der Waals surface area contributed by atoms with E-state index in [1.54, 1.807) is 0 Å². The molecule has 1 unspecified atom stereocenters. The van der Waals surface area contributed by atoms with E-state index in [4.69, 9.17) is 0 Å². The van der Waals surface area contributed by atoms with Gasteiger partial charge in [-0.05, 0) is 6.42 Å². The second kappa shape index (κ2) is 9.82. The Morgan fingerprint density at radius 1 is 1.12 bits per heavy atom. The molecule has 0 N–H and O–H groups in total. The molecule has 0 aromatic rings.